The lowest BCUT2D eigenvalue weighted by molar-refractivity contribution is 0.220. The Kier molecular flexibility index (Phi) is 3.23. The van der Waals surface area contributed by atoms with E-state index in [1.54, 1.807) is 0 Å². The normalized spacial score (nSPS) is 20.1. The van der Waals surface area contributed by atoms with Crippen LogP contribution >= 0.6 is 0 Å². The first kappa shape index (κ1) is 10.5. The van der Waals surface area contributed by atoms with Crippen LogP contribution in [-0.4, -0.2) is 36.5 Å². The number of aliphatic hydroxyl groups excluding tert-OH is 2. The maximum atomic E-state index is 9.21. The molecule has 2 rings (SSSR count). The van der Waals surface area contributed by atoms with E-state index in [0.29, 0.717) is 12.5 Å². The average Bonchev–Trinajstić information content (AvgIpc) is 2.29. The number of β-amino-alcohol motifs (C(OH)–C–C–N with tert-alkyl or cyclic N) is 1. The van der Waals surface area contributed by atoms with Gasteiger partial charge in [0.2, 0.25) is 0 Å². The molecule has 1 aliphatic heterocycles. The number of fused-ring (bicyclic) bond motifs is 1. The summed E-state index contributed by atoms with van der Waals surface area (Å²) in [6.45, 7) is 1.87. The third kappa shape index (κ3) is 2.13. The van der Waals surface area contributed by atoms with Crippen molar-refractivity contribution < 1.29 is 10.2 Å². The van der Waals surface area contributed by atoms with Gasteiger partial charge in [0.15, 0.2) is 0 Å². The minimum absolute atomic E-state index is 0.159. The van der Waals surface area contributed by atoms with Crippen molar-refractivity contribution in [3.63, 3.8) is 0 Å². The summed E-state index contributed by atoms with van der Waals surface area (Å²) >= 11 is 0. The molecule has 1 heterocycles. The lowest BCUT2D eigenvalue weighted by Crippen LogP contribution is -2.38. The molecular formula is C12H17NO2. The van der Waals surface area contributed by atoms with E-state index in [-0.39, 0.29) is 13.2 Å². The second kappa shape index (κ2) is 4.64. The fraction of sp³-hybridized carbons (Fsp3) is 0.500. The second-order valence-corrected chi connectivity index (χ2v) is 4.05. The van der Waals surface area contributed by atoms with E-state index in [9.17, 15) is 5.11 Å². The van der Waals surface area contributed by atoms with Gasteiger partial charge in [-0.15, -0.1) is 0 Å². The summed E-state index contributed by atoms with van der Waals surface area (Å²) in [4.78, 5) is 2.15. The largest absolute Gasteiger partial charge is 0.396 e. The van der Waals surface area contributed by atoms with Gasteiger partial charge >= 0.3 is 0 Å². The quantitative estimate of drug-likeness (QED) is 0.765. The average molecular weight is 207 g/mol. The van der Waals surface area contributed by atoms with Gasteiger partial charge in [-0.05, 0) is 18.1 Å². The van der Waals surface area contributed by atoms with E-state index in [1.165, 1.54) is 11.3 Å². The van der Waals surface area contributed by atoms with E-state index in [2.05, 4.69) is 17.0 Å². The van der Waals surface area contributed by atoms with E-state index >= 15 is 0 Å². The van der Waals surface area contributed by atoms with E-state index in [4.69, 9.17) is 5.11 Å². The Hall–Kier alpha value is -1.06. The number of hydrogen-bond donors (Lipinski definition) is 2. The first-order chi connectivity index (χ1) is 7.35. The summed E-state index contributed by atoms with van der Waals surface area (Å²) in [7, 11) is 0. The predicted octanol–water partition coefficient (Wildman–Crippen LogP) is 0.650. The lowest BCUT2D eigenvalue weighted by atomic mass is 9.93. The number of nitrogens with zero attached hydrogens (tertiary/aromatic N) is 1. The van der Waals surface area contributed by atoms with E-state index in [0.717, 1.165) is 13.0 Å². The fourth-order valence-corrected chi connectivity index (χ4v) is 2.23. The smallest absolute Gasteiger partial charge is 0.0606 e. The summed E-state index contributed by atoms with van der Waals surface area (Å²) in [6.07, 6.45) is 0.939. The maximum Gasteiger partial charge on any atom is 0.0606 e. The zero-order valence-electron chi connectivity index (χ0n) is 8.76. The Balaban J connectivity index is 2.25. The summed E-state index contributed by atoms with van der Waals surface area (Å²) in [6, 6.07) is 8.22. The van der Waals surface area contributed by atoms with Crippen LogP contribution in [0.3, 0.4) is 0 Å². The monoisotopic (exact) mass is 207 g/mol. The molecule has 1 unspecified atom stereocenters. The Bertz CT molecular complexity index is 327. The Labute approximate surface area is 90.0 Å². The molecule has 0 amide bonds. The first-order valence-corrected chi connectivity index (χ1v) is 5.39. The van der Waals surface area contributed by atoms with Gasteiger partial charge in [-0.3, -0.25) is 0 Å². The van der Waals surface area contributed by atoms with Crippen LogP contribution in [0.2, 0.25) is 0 Å². The standard InChI is InChI=1S/C12H17NO2/c14-6-5-13-8-10(9-15)7-11-3-1-2-4-12(11)13/h1-4,10,14-15H,5-9H2. The summed E-state index contributed by atoms with van der Waals surface area (Å²) in [5.74, 6) is 0.298. The van der Waals surface area contributed by atoms with Crippen LogP contribution in [0.5, 0.6) is 0 Å². The van der Waals surface area contributed by atoms with Crippen molar-refractivity contribution in [2.45, 2.75) is 6.42 Å². The molecule has 0 spiro atoms. The van der Waals surface area contributed by atoms with Crippen LogP contribution < -0.4 is 4.90 Å². The Morgan fingerprint density at radius 3 is 2.80 bits per heavy atom. The molecule has 1 atom stereocenters. The molecule has 0 aromatic heterocycles. The zero-order valence-corrected chi connectivity index (χ0v) is 8.76. The van der Waals surface area contributed by atoms with Crippen LogP contribution in [0.1, 0.15) is 5.56 Å². The minimum atomic E-state index is 0.159. The van der Waals surface area contributed by atoms with Crippen molar-refractivity contribution in [3.05, 3.63) is 29.8 Å². The van der Waals surface area contributed by atoms with Crippen molar-refractivity contribution in [1.29, 1.82) is 0 Å². The van der Waals surface area contributed by atoms with Crippen molar-refractivity contribution in [2.75, 3.05) is 31.2 Å². The first-order valence-electron chi connectivity index (χ1n) is 5.39. The molecule has 0 saturated carbocycles. The molecule has 1 aliphatic rings. The topological polar surface area (TPSA) is 43.7 Å². The highest BCUT2D eigenvalue weighted by atomic mass is 16.3. The molecule has 0 radical (unpaired) electrons. The van der Waals surface area contributed by atoms with Crippen LogP contribution in [0, 0.1) is 5.92 Å². The number of benzene rings is 1. The number of aliphatic hydroxyl groups is 2. The molecule has 0 fully saturated rings. The maximum absolute atomic E-state index is 9.21. The number of rotatable bonds is 3. The van der Waals surface area contributed by atoms with Crippen molar-refractivity contribution in [1.82, 2.24) is 0 Å². The summed E-state index contributed by atoms with van der Waals surface area (Å²) in [5.41, 5.74) is 2.48. The molecule has 0 aliphatic carbocycles. The molecular weight excluding hydrogens is 190 g/mol. The fourth-order valence-electron chi connectivity index (χ4n) is 2.23. The molecule has 3 heteroatoms. The molecule has 82 valence electrons. The molecule has 1 aromatic carbocycles. The molecule has 0 saturated heterocycles. The highest BCUT2D eigenvalue weighted by Gasteiger charge is 2.22. The summed E-state index contributed by atoms with van der Waals surface area (Å²) in [5, 5.41) is 18.2. The number of hydrogen-bond acceptors (Lipinski definition) is 3. The zero-order chi connectivity index (χ0) is 10.7. The highest BCUT2D eigenvalue weighted by molar-refractivity contribution is 5.55. The van der Waals surface area contributed by atoms with Crippen LogP contribution in [0.25, 0.3) is 0 Å². The summed E-state index contributed by atoms with van der Waals surface area (Å²) < 4.78 is 0. The van der Waals surface area contributed by atoms with Gasteiger partial charge in [0.1, 0.15) is 0 Å². The molecule has 3 nitrogen and oxygen atoms in total. The molecule has 0 bridgehead atoms. The SMILES string of the molecule is OCCN1CC(CO)Cc2ccccc21. The molecule has 1 aromatic rings. The Morgan fingerprint density at radius 2 is 2.07 bits per heavy atom. The highest BCUT2D eigenvalue weighted by Crippen LogP contribution is 2.28. The van der Waals surface area contributed by atoms with Crippen LogP contribution in [-0.2, 0) is 6.42 Å². The van der Waals surface area contributed by atoms with E-state index < -0.39 is 0 Å². The number of para-hydroxylation sites is 1. The van der Waals surface area contributed by atoms with Crippen molar-refractivity contribution in [2.24, 2.45) is 5.92 Å². The van der Waals surface area contributed by atoms with Crippen LogP contribution in [0.4, 0.5) is 5.69 Å². The lowest BCUT2D eigenvalue weighted by Gasteiger charge is -2.35. The number of anilines is 1. The van der Waals surface area contributed by atoms with Crippen molar-refractivity contribution in [3.8, 4) is 0 Å². The van der Waals surface area contributed by atoms with Gasteiger partial charge < -0.3 is 15.1 Å². The van der Waals surface area contributed by atoms with Gasteiger partial charge in [0, 0.05) is 31.3 Å². The van der Waals surface area contributed by atoms with Crippen LogP contribution in [0.15, 0.2) is 24.3 Å². The van der Waals surface area contributed by atoms with Gasteiger partial charge in [-0.2, -0.15) is 0 Å². The van der Waals surface area contributed by atoms with Gasteiger partial charge in [0.05, 0.1) is 6.61 Å². The molecule has 15 heavy (non-hydrogen) atoms. The van der Waals surface area contributed by atoms with Gasteiger partial charge in [-0.25, -0.2) is 0 Å². The molecule has 2 N–H and O–H groups in total. The second-order valence-electron chi connectivity index (χ2n) is 4.05. The van der Waals surface area contributed by atoms with Gasteiger partial charge in [0.25, 0.3) is 0 Å². The van der Waals surface area contributed by atoms with E-state index in [1.807, 2.05) is 12.1 Å². The third-order valence-electron chi connectivity index (χ3n) is 2.95. The minimum Gasteiger partial charge on any atom is -0.396 e. The predicted molar refractivity (Wildman–Crippen MR) is 60.0 cm³/mol. The Morgan fingerprint density at radius 1 is 1.27 bits per heavy atom. The third-order valence-corrected chi connectivity index (χ3v) is 2.95. The van der Waals surface area contributed by atoms with Crippen molar-refractivity contribution >= 4 is 5.69 Å². The van der Waals surface area contributed by atoms with Gasteiger partial charge in [-0.1, -0.05) is 18.2 Å².